The standard InChI is InChI=1S/C27H25ClN2O4/c1-16-7-5-6-8-22(16)30-24(17-9-11-18(12-10-17)29(2)3)23(26(32)27(30)33)25(31)20-15-19(34-4)13-14-21(20)28/h5-15,24,31H,1-4H3/b25-23+. The Bertz CT molecular complexity index is 1300. The fraction of sp³-hybridized carbons (Fsp3) is 0.185. The van der Waals surface area contributed by atoms with Gasteiger partial charge in [-0.3, -0.25) is 14.5 Å². The van der Waals surface area contributed by atoms with E-state index < -0.39 is 17.7 Å². The van der Waals surface area contributed by atoms with Crippen LogP contribution in [0.1, 0.15) is 22.7 Å². The average Bonchev–Trinajstić information content (AvgIpc) is 3.09. The summed E-state index contributed by atoms with van der Waals surface area (Å²) in [4.78, 5) is 30.1. The van der Waals surface area contributed by atoms with Crippen LogP contribution in [0.3, 0.4) is 0 Å². The fourth-order valence-corrected chi connectivity index (χ4v) is 4.35. The Balaban J connectivity index is 1.98. The van der Waals surface area contributed by atoms with Gasteiger partial charge in [0, 0.05) is 31.0 Å². The highest BCUT2D eigenvalue weighted by atomic mass is 35.5. The third-order valence-corrected chi connectivity index (χ3v) is 6.30. The lowest BCUT2D eigenvalue weighted by Gasteiger charge is -2.27. The lowest BCUT2D eigenvalue weighted by Crippen LogP contribution is -2.30. The van der Waals surface area contributed by atoms with E-state index >= 15 is 0 Å². The van der Waals surface area contributed by atoms with Crippen molar-refractivity contribution in [1.29, 1.82) is 0 Å². The van der Waals surface area contributed by atoms with Gasteiger partial charge in [0.25, 0.3) is 11.7 Å². The number of Topliss-reactive ketones (excluding diaryl/α,β-unsaturated/α-hetero) is 1. The number of benzene rings is 3. The minimum atomic E-state index is -0.834. The summed E-state index contributed by atoms with van der Waals surface area (Å²) in [5, 5.41) is 11.6. The largest absolute Gasteiger partial charge is 0.507 e. The van der Waals surface area contributed by atoms with Crippen molar-refractivity contribution >= 4 is 40.4 Å². The highest BCUT2D eigenvalue weighted by molar-refractivity contribution is 6.52. The molecular weight excluding hydrogens is 452 g/mol. The molecule has 1 unspecified atom stereocenters. The lowest BCUT2D eigenvalue weighted by atomic mass is 9.94. The van der Waals surface area contributed by atoms with Gasteiger partial charge in [0.2, 0.25) is 0 Å². The van der Waals surface area contributed by atoms with Crippen molar-refractivity contribution in [2.75, 3.05) is 31.0 Å². The van der Waals surface area contributed by atoms with Crippen molar-refractivity contribution in [3.05, 3.63) is 94.0 Å². The summed E-state index contributed by atoms with van der Waals surface area (Å²) in [6, 6.07) is 18.8. The molecule has 6 nitrogen and oxygen atoms in total. The van der Waals surface area contributed by atoms with E-state index in [2.05, 4.69) is 0 Å². The van der Waals surface area contributed by atoms with Crippen LogP contribution in [0.5, 0.6) is 5.75 Å². The van der Waals surface area contributed by atoms with E-state index in [9.17, 15) is 14.7 Å². The molecular formula is C27H25ClN2O4. The summed E-state index contributed by atoms with van der Waals surface area (Å²) < 4.78 is 5.26. The number of hydrogen-bond donors (Lipinski definition) is 1. The first-order chi connectivity index (χ1) is 16.2. The summed E-state index contributed by atoms with van der Waals surface area (Å²) >= 11 is 6.37. The zero-order valence-electron chi connectivity index (χ0n) is 19.4. The number of rotatable bonds is 5. The number of anilines is 2. The molecule has 1 fully saturated rings. The van der Waals surface area contributed by atoms with E-state index in [0.29, 0.717) is 17.0 Å². The number of hydrogen-bond acceptors (Lipinski definition) is 5. The molecule has 1 aliphatic rings. The minimum absolute atomic E-state index is 0.0268. The molecule has 0 bridgehead atoms. The zero-order valence-corrected chi connectivity index (χ0v) is 20.1. The van der Waals surface area contributed by atoms with E-state index in [1.807, 2.05) is 68.4 Å². The number of methoxy groups -OCH3 is 1. The van der Waals surface area contributed by atoms with Crippen LogP contribution < -0.4 is 14.5 Å². The van der Waals surface area contributed by atoms with E-state index in [-0.39, 0.29) is 21.9 Å². The Morgan fingerprint density at radius 2 is 1.71 bits per heavy atom. The topological polar surface area (TPSA) is 70.1 Å². The molecule has 34 heavy (non-hydrogen) atoms. The number of amides is 1. The molecule has 0 aromatic heterocycles. The smallest absolute Gasteiger partial charge is 0.300 e. The van der Waals surface area contributed by atoms with Gasteiger partial charge >= 0.3 is 0 Å². The van der Waals surface area contributed by atoms with E-state index in [1.165, 1.54) is 12.0 Å². The maximum Gasteiger partial charge on any atom is 0.300 e. The number of carbonyl (C=O) groups is 2. The van der Waals surface area contributed by atoms with Gasteiger partial charge in [0.05, 0.1) is 23.7 Å². The first-order valence-corrected chi connectivity index (χ1v) is 11.1. The molecule has 0 aliphatic carbocycles. The fourth-order valence-electron chi connectivity index (χ4n) is 4.14. The van der Waals surface area contributed by atoms with Crippen molar-refractivity contribution < 1.29 is 19.4 Å². The molecule has 1 atom stereocenters. The monoisotopic (exact) mass is 476 g/mol. The predicted octanol–water partition coefficient (Wildman–Crippen LogP) is 5.35. The molecule has 0 spiro atoms. The first kappa shape index (κ1) is 23.4. The quantitative estimate of drug-likeness (QED) is 0.305. The Kier molecular flexibility index (Phi) is 6.35. The van der Waals surface area contributed by atoms with Gasteiger partial charge in [0.1, 0.15) is 11.5 Å². The summed E-state index contributed by atoms with van der Waals surface area (Å²) in [6.07, 6.45) is 0. The van der Waals surface area contributed by atoms with Gasteiger partial charge in [0.15, 0.2) is 0 Å². The second-order valence-corrected chi connectivity index (χ2v) is 8.69. The van der Waals surface area contributed by atoms with Crippen molar-refractivity contribution in [2.45, 2.75) is 13.0 Å². The SMILES string of the molecule is COc1ccc(Cl)c(/C(O)=C2\C(=O)C(=O)N(c3ccccc3C)C2c2ccc(N(C)C)cc2)c1. The molecule has 1 amide bonds. The molecule has 1 N–H and O–H groups in total. The number of ketones is 1. The van der Waals surface area contributed by atoms with E-state index in [1.54, 1.807) is 24.3 Å². The number of aliphatic hydroxyl groups excluding tert-OH is 1. The molecule has 174 valence electrons. The van der Waals surface area contributed by atoms with Gasteiger partial charge in [-0.05, 0) is 54.4 Å². The van der Waals surface area contributed by atoms with Crippen LogP contribution in [0.15, 0.2) is 72.3 Å². The van der Waals surface area contributed by atoms with Gasteiger partial charge < -0.3 is 14.7 Å². The molecule has 4 rings (SSSR count). The third-order valence-electron chi connectivity index (χ3n) is 5.97. The van der Waals surface area contributed by atoms with Crippen LogP contribution in [0.4, 0.5) is 11.4 Å². The predicted molar refractivity (Wildman–Crippen MR) is 135 cm³/mol. The Labute approximate surface area is 203 Å². The number of aryl methyl sites for hydroxylation is 1. The highest BCUT2D eigenvalue weighted by Gasteiger charge is 2.47. The maximum atomic E-state index is 13.3. The molecule has 1 saturated heterocycles. The number of carbonyl (C=O) groups excluding carboxylic acids is 2. The highest BCUT2D eigenvalue weighted by Crippen LogP contribution is 2.44. The van der Waals surface area contributed by atoms with E-state index in [4.69, 9.17) is 16.3 Å². The van der Waals surface area contributed by atoms with Crippen LogP contribution in [-0.2, 0) is 9.59 Å². The second-order valence-electron chi connectivity index (χ2n) is 8.29. The van der Waals surface area contributed by atoms with Gasteiger partial charge in [-0.25, -0.2) is 0 Å². The summed E-state index contributed by atoms with van der Waals surface area (Å²) in [5.74, 6) is -1.37. The van der Waals surface area contributed by atoms with Crippen molar-refractivity contribution in [3.8, 4) is 5.75 Å². The molecule has 0 saturated carbocycles. The molecule has 7 heteroatoms. The number of halogens is 1. The van der Waals surface area contributed by atoms with Crippen LogP contribution in [0, 0.1) is 6.92 Å². The van der Waals surface area contributed by atoms with Crippen LogP contribution >= 0.6 is 11.6 Å². The van der Waals surface area contributed by atoms with Gasteiger partial charge in [-0.2, -0.15) is 0 Å². The van der Waals surface area contributed by atoms with Crippen LogP contribution in [0.25, 0.3) is 5.76 Å². The normalized spacial score (nSPS) is 17.2. The zero-order chi connectivity index (χ0) is 24.6. The van der Waals surface area contributed by atoms with Crippen molar-refractivity contribution in [1.82, 2.24) is 0 Å². The Morgan fingerprint density at radius 3 is 2.32 bits per heavy atom. The number of aliphatic hydroxyl groups is 1. The van der Waals surface area contributed by atoms with Crippen molar-refractivity contribution in [3.63, 3.8) is 0 Å². The summed E-state index contributed by atoms with van der Waals surface area (Å²) in [6.45, 7) is 1.87. The lowest BCUT2D eigenvalue weighted by molar-refractivity contribution is -0.132. The van der Waals surface area contributed by atoms with Gasteiger partial charge in [-0.15, -0.1) is 0 Å². The average molecular weight is 477 g/mol. The number of nitrogens with zero attached hydrogens (tertiary/aromatic N) is 2. The molecule has 0 radical (unpaired) electrons. The summed E-state index contributed by atoms with van der Waals surface area (Å²) in [5.41, 5.74) is 3.28. The number of ether oxygens (including phenoxy) is 1. The Hall–Kier alpha value is -3.77. The molecule has 1 aliphatic heterocycles. The number of para-hydroxylation sites is 1. The van der Waals surface area contributed by atoms with Crippen molar-refractivity contribution in [2.24, 2.45) is 0 Å². The molecule has 3 aromatic rings. The molecule has 1 heterocycles. The minimum Gasteiger partial charge on any atom is -0.507 e. The van der Waals surface area contributed by atoms with Crippen LogP contribution in [-0.4, -0.2) is 38.0 Å². The van der Waals surface area contributed by atoms with E-state index in [0.717, 1.165) is 11.3 Å². The van der Waals surface area contributed by atoms with Crippen LogP contribution in [0.2, 0.25) is 5.02 Å². The second kappa shape index (κ2) is 9.23. The first-order valence-electron chi connectivity index (χ1n) is 10.7. The molecule has 3 aromatic carbocycles. The third kappa shape index (κ3) is 4.01. The maximum absolute atomic E-state index is 13.3. The van der Waals surface area contributed by atoms with Gasteiger partial charge in [-0.1, -0.05) is 41.9 Å². The summed E-state index contributed by atoms with van der Waals surface area (Å²) in [7, 11) is 5.36. The Morgan fingerprint density at radius 1 is 1.03 bits per heavy atom.